The molecule has 3 aromatic rings. The van der Waals surface area contributed by atoms with Crippen LogP contribution >= 0.6 is 0 Å². The molecule has 2 aromatic heterocycles. The molecule has 5 heteroatoms. The summed E-state index contributed by atoms with van der Waals surface area (Å²) in [6.45, 7) is 2.47. The van der Waals surface area contributed by atoms with Crippen molar-refractivity contribution in [2.24, 2.45) is 7.05 Å². The van der Waals surface area contributed by atoms with E-state index in [9.17, 15) is 0 Å². The van der Waals surface area contributed by atoms with Crippen LogP contribution < -0.4 is 4.74 Å². The Hall–Kier alpha value is -2.30. The number of fused-ring (bicyclic) bond motifs is 1. The van der Waals surface area contributed by atoms with Crippen LogP contribution in [0.15, 0.2) is 35.1 Å². The second kappa shape index (κ2) is 4.18. The Bertz CT molecular complexity index is 684. The lowest BCUT2D eigenvalue weighted by Crippen LogP contribution is -1.88. The van der Waals surface area contributed by atoms with Gasteiger partial charge in [0.05, 0.1) is 24.0 Å². The molecular formula is C13H13N3O2. The zero-order valence-corrected chi connectivity index (χ0v) is 10.3. The van der Waals surface area contributed by atoms with Crippen LogP contribution in [0.5, 0.6) is 5.95 Å². The lowest BCUT2D eigenvalue weighted by Gasteiger charge is -1.98. The van der Waals surface area contributed by atoms with Gasteiger partial charge in [0.1, 0.15) is 6.20 Å². The van der Waals surface area contributed by atoms with E-state index in [1.165, 1.54) is 0 Å². The van der Waals surface area contributed by atoms with Crippen molar-refractivity contribution >= 4 is 11.0 Å². The third-order valence-corrected chi connectivity index (χ3v) is 2.74. The quantitative estimate of drug-likeness (QED) is 0.709. The fourth-order valence-corrected chi connectivity index (χ4v) is 1.87. The average molecular weight is 243 g/mol. The van der Waals surface area contributed by atoms with Crippen molar-refractivity contribution in [1.29, 1.82) is 0 Å². The summed E-state index contributed by atoms with van der Waals surface area (Å²) in [7, 11) is 1.97. The first kappa shape index (κ1) is 10.8. The van der Waals surface area contributed by atoms with E-state index in [1.54, 1.807) is 12.5 Å². The molecule has 0 unspecified atom stereocenters. The van der Waals surface area contributed by atoms with Crippen molar-refractivity contribution in [2.45, 2.75) is 6.92 Å². The molecule has 0 atom stereocenters. The Balaban J connectivity index is 2.02. The number of oxazole rings is 1. The van der Waals surface area contributed by atoms with E-state index in [2.05, 4.69) is 9.97 Å². The molecule has 0 aliphatic rings. The molecule has 0 radical (unpaired) electrons. The molecule has 2 heterocycles. The predicted molar refractivity (Wildman–Crippen MR) is 67.4 cm³/mol. The molecule has 18 heavy (non-hydrogen) atoms. The van der Waals surface area contributed by atoms with Gasteiger partial charge in [-0.15, -0.1) is 0 Å². The van der Waals surface area contributed by atoms with Crippen molar-refractivity contribution in [3.05, 3.63) is 30.7 Å². The first-order valence-electron chi connectivity index (χ1n) is 5.78. The number of aromatic nitrogens is 3. The minimum Gasteiger partial charge on any atom is -0.464 e. The van der Waals surface area contributed by atoms with E-state index in [0.29, 0.717) is 18.4 Å². The van der Waals surface area contributed by atoms with Gasteiger partial charge >= 0.3 is 5.95 Å². The first-order chi connectivity index (χ1) is 8.78. The monoisotopic (exact) mass is 243 g/mol. The number of ether oxygens (including phenoxy) is 1. The van der Waals surface area contributed by atoms with Gasteiger partial charge in [0.15, 0.2) is 0 Å². The summed E-state index contributed by atoms with van der Waals surface area (Å²) in [5.74, 6) is 0.986. The summed E-state index contributed by atoms with van der Waals surface area (Å²) in [6.07, 6.45) is 3.37. The van der Waals surface area contributed by atoms with Crippen LogP contribution in [0.2, 0.25) is 0 Å². The van der Waals surface area contributed by atoms with Crippen LogP contribution in [-0.4, -0.2) is 21.1 Å². The summed E-state index contributed by atoms with van der Waals surface area (Å²) in [5, 5.41) is 0. The van der Waals surface area contributed by atoms with Crippen LogP contribution in [0.1, 0.15) is 6.92 Å². The average Bonchev–Trinajstić information content (AvgIpc) is 2.97. The largest absolute Gasteiger partial charge is 0.464 e. The Kier molecular flexibility index (Phi) is 2.51. The Morgan fingerprint density at radius 1 is 1.33 bits per heavy atom. The van der Waals surface area contributed by atoms with Gasteiger partial charge in [0.25, 0.3) is 0 Å². The topological polar surface area (TPSA) is 53.1 Å². The van der Waals surface area contributed by atoms with E-state index in [0.717, 1.165) is 16.6 Å². The minimum atomic E-state index is 0.439. The number of nitrogens with zero attached hydrogens (tertiary/aromatic N) is 3. The molecule has 0 N–H and O–H groups in total. The van der Waals surface area contributed by atoms with Gasteiger partial charge < -0.3 is 13.7 Å². The molecule has 3 rings (SSSR count). The first-order valence-corrected chi connectivity index (χ1v) is 5.78. The maximum absolute atomic E-state index is 5.50. The van der Waals surface area contributed by atoms with Crippen LogP contribution in [0.25, 0.3) is 22.5 Å². The molecule has 0 saturated heterocycles. The third kappa shape index (κ3) is 1.73. The highest BCUT2D eigenvalue weighted by Crippen LogP contribution is 2.25. The lowest BCUT2D eigenvalue weighted by molar-refractivity contribution is 0.260. The molecule has 0 amide bonds. The van der Waals surface area contributed by atoms with Gasteiger partial charge in [-0.1, -0.05) is 0 Å². The number of benzene rings is 1. The lowest BCUT2D eigenvalue weighted by atomic mass is 10.2. The van der Waals surface area contributed by atoms with Gasteiger partial charge in [-0.25, -0.2) is 9.97 Å². The second-order valence-corrected chi connectivity index (χ2v) is 3.98. The van der Waals surface area contributed by atoms with E-state index in [4.69, 9.17) is 9.15 Å². The molecule has 0 bridgehead atoms. The van der Waals surface area contributed by atoms with Crippen molar-refractivity contribution < 1.29 is 9.15 Å². The van der Waals surface area contributed by atoms with Crippen LogP contribution in [-0.2, 0) is 7.05 Å². The number of rotatable bonds is 3. The van der Waals surface area contributed by atoms with Gasteiger partial charge in [-0.2, -0.15) is 0 Å². The molecule has 92 valence electrons. The van der Waals surface area contributed by atoms with Gasteiger partial charge in [0, 0.05) is 12.6 Å². The van der Waals surface area contributed by atoms with E-state index in [1.807, 2.05) is 36.7 Å². The summed E-state index contributed by atoms with van der Waals surface area (Å²) in [4.78, 5) is 8.50. The third-order valence-electron chi connectivity index (χ3n) is 2.74. The second-order valence-electron chi connectivity index (χ2n) is 3.98. The highest BCUT2D eigenvalue weighted by Gasteiger charge is 2.09. The number of hydrogen-bond acceptors (Lipinski definition) is 4. The van der Waals surface area contributed by atoms with Crippen LogP contribution in [0.3, 0.4) is 0 Å². The summed E-state index contributed by atoms with van der Waals surface area (Å²) in [5.41, 5.74) is 2.90. The standard InChI is InChI=1S/C13H13N3O2/c1-3-17-12-7-14-13(18-12)9-4-5-11-10(6-9)15-8-16(11)2/h4-8H,3H2,1-2H3. The summed E-state index contributed by atoms with van der Waals surface area (Å²) >= 11 is 0. The van der Waals surface area contributed by atoms with Crippen molar-refractivity contribution in [2.75, 3.05) is 6.61 Å². The highest BCUT2D eigenvalue weighted by atomic mass is 16.6. The molecular weight excluding hydrogens is 230 g/mol. The maximum Gasteiger partial charge on any atom is 0.305 e. The zero-order chi connectivity index (χ0) is 12.5. The van der Waals surface area contributed by atoms with Crippen molar-refractivity contribution in [3.8, 4) is 17.4 Å². The normalized spacial score (nSPS) is 11.0. The van der Waals surface area contributed by atoms with Gasteiger partial charge in [-0.05, 0) is 25.1 Å². The molecule has 0 aliphatic carbocycles. The molecule has 1 aromatic carbocycles. The van der Waals surface area contributed by atoms with Crippen LogP contribution in [0, 0.1) is 0 Å². The fraction of sp³-hybridized carbons (Fsp3) is 0.231. The summed E-state index contributed by atoms with van der Waals surface area (Å²) in [6, 6.07) is 5.92. The zero-order valence-electron chi connectivity index (χ0n) is 10.3. The Labute approximate surface area is 104 Å². The van der Waals surface area contributed by atoms with E-state index < -0.39 is 0 Å². The molecule has 5 nitrogen and oxygen atoms in total. The minimum absolute atomic E-state index is 0.439. The SMILES string of the molecule is CCOc1cnc(-c2ccc3c(c2)ncn3C)o1. The van der Waals surface area contributed by atoms with E-state index >= 15 is 0 Å². The maximum atomic E-state index is 5.50. The van der Waals surface area contributed by atoms with E-state index in [-0.39, 0.29) is 0 Å². The van der Waals surface area contributed by atoms with Crippen molar-refractivity contribution in [3.63, 3.8) is 0 Å². The molecule has 0 saturated carbocycles. The number of hydrogen-bond donors (Lipinski definition) is 0. The van der Waals surface area contributed by atoms with Crippen molar-refractivity contribution in [1.82, 2.24) is 14.5 Å². The predicted octanol–water partition coefficient (Wildman–Crippen LogP) is 2.63. The van der Waals surface area contributed by atoms with Gasteiger partial charge in [-0.3, -0.25) is 0 Å². The molecule has 0 fully saturated rings. The smallest absolute Gasteiger partial charge is 0.305 e. The van der Waals surface area contributed by atoms with Crippen LogP contribution in [0.4, 0.5) is 0 Å². The number of imidazole rings is 1. The fourth-order valence-electron chi connectivity index (χ4n) is 1.87. The van der Waals surface area contributed by atoms with Gasteiger partial charge in [0.2, 0.25) is 5.89 Å². The highest BCUT2D eigenvalue weighted by molar-refractivity contribution is 5.80. The number of aryl methyl sites for hydroxylation is 1. The Morgan fingerprint density at radius 2 is 2.22 bits per heavy atom. The Morgan fingerprint density at radius 3 is 3.06 bits per heavy atom. The molecule has 0 spiro atoms. The molecule has 0 aliphatic heterocycles. The summed E-state index contributed by atoms with van der Waals surface area (Å²) < 4.78 is 12.7.